The molecule has 0 bridgehead atoms. The first-order valence-electron chi connectivity index (χ1n) is 8.02. The van der Waals surface area contributed by atoms with Crippen LogP contribution in [-0.4, -0.2) is 53.4 Å². The number of carboxylic acid groups (broad SMARTS) is 1. The van der Waals surface area contributed by atoms with E-state index in [1.807, 2.05) is 43.3 Å². The maximum absolute atomic E-state index is 11.9. The number of carbonyl (C=O) groups is 1. The molecule has 1 aromatic carbocycles. The number of aliphatic carboxylic acids is 1. The van der Waals surface area contributed by atoms with Gasteiger partial charge >= 0.3 is 5.97 Å². The molecule has 134 valence electrons. The number of benzene rings is 1. The van der Waals surface area contributed by atoms with Crippen LogP contribution in [0.5, 0.6) is 0 Å². The van der Waals surface area contributed by atoms with Crippen LogP contribution in [0.25, 0.3) is 0 Å². The van der Waals surface area contributed by atoms with Gasteiger partial charge in [-0.15, -0.1) is 0 Å². The van der Waals surface area contributed by atoms with Gasteiger partial charge in [0.25, 0.3) is 0 Å². The standard InChI is InChI=1S/C17H21N3O4S/c1-12-8-16(20(18-12)10-13-6-4-3-5-7-13)19-11-14(25(2,23)24)9-15(19)17(21)22/h3-8,14-15H,9-11H2,1-2H3,(H,21,22)/t14-,15+/m1/s1. The van der Waals surface area contributed by atoms with E-state index in [4.69, 9.17) is 0 Å². The summed E-state index contributed by atoms with van der Waals surface area (Å²) in [4.78, 5) is 13.3. The van der Waals surface area contributed by atoms with Gasteiger partial charge in [0.1, 0.15) is 11.9 Å². The summed E-state index contributed by atoms with van der Waals surface area (Å²) in [5.74, 6) is -0.379. The molecule has 0 aliphatic carbocycles. The van der Waals surface area contributed by atoms with Gasteiger partial charge in [0.2, 0.25) is 0 Å². The molecule has 1 aliphatic heterocycles. The third-order valence-electron chi connectivity index (χ3n) is 4.50. The summed E-state index contributed by atoms with van der Waals surface area (Å²) >= 11 is 0. The highest BCUT2D eigenvalue weighted by atomic mass is 32.2. The van der Waals surface area contributed by atoms with Crippen molar-refractivity contribution in [1.29, 1.82) is 0 Å². The third kappa shape index (κ3) is 3.68. The molecule has 2 heterocycles. The lowest BCUT2D eigenvalue weighted by molar-refractivity contribution is -0.138. The van der Waals surface area contributed by atoms with Crippen LogP contribution < -0.4 is 4.90 Å². The molecule has 0 radical (unpaired) electrons. The number of nitrogens with zero attached hydrogens (tertiary/aromatic N) is 3. The van der Waals surface area contributed by atoms with Gasteiger partial charge in [0.05, 0.1) is 17.5 Å². The summed E-state index contributed by atoms with van der Waals surface area (Å²) in [5, 5.41) is 13.3. The minimum Gasteiger partial charge on any atom is -0.480 e. The molecule has 1 saturated heterocycles. The fourth-order valence-electron chi connectivity index (χ4n) is 3.23. The maximum Gasteiger partial charge on any atom is 0.326 e. The predicted molar refractivity (Wildman–Crippen MR) is 94.5 cm³/mol. The van der Waals surface area contributed by atoms with Crippen molar-refractivity contribution in [2.24, 2.45) is 0 Å². The van der Waals surface area contributed by atoms with E-state index in [2.05, 4.69) is 5.10 Å². The van der Waals surface area contributed by atoms with Gasteiger partial charge in [-0.05, 0) is 18.9 Å². The minimum atomic E-state index is -3.31. The van der Waals surface area contributed by atoms with Crippen LogP contribution in [0.4, 0.5) is 5.82 Å². The Kier molecular flexibility index (Phi) is 4.55. The average molecular weight is 363 g/mol. The van der Waals surface area contributed by atoms with E-state index in [9.17, 15) is 18.3 Å². The Balaban J connectivity index is 1.96. The Labute approximate surface area is 146 Å². The zero-order valence-electron chi connectivity index (χ0n) is 14.2. The first-order valence-corrected chi connectivity index (χ1v) is 9.98. The van der Waals surface area contributed by atoms with Crippen molar-refractivity contribution in [3.05, 3.63) is 47.7 Å². The summed E-state index contributed by atoms with van der Waals surface area (Å²) in [6.07, 6.45) is 1.25. The van der Waals surface area contributed by atoms with Gasteiger partial charge in [-0.2, -0.15) is 5.10 Å². The molecule has 1 fully saturated rings. The van der Waals surface area contributed by atoms with Crippen LogP contribution in [-0.2, 0) is 21.2 Å². The van der Waals surface area contributed by atoms with Crippen molar-refractivity contribution in [1.82, 2.24) is 9.78 Å². The molecule has 0 amide bonds. The fraction of sp³-hybridized carbons (Fsp3) is 0.412. The minimum absolute atomic E-state index is 0.0870. The molecule has 7 nitrogen and oxygen atoms in total. The Hall–Kier alpha value is -2.35. The second-order valence-corrected chi connectivity index (χ2v) is 8.81. The molecular formula is C17H21N3O4S. The van der Waals surface area contributed by atoms with Crippen molar-refractivity contribution < 1.29 is 18.3 Å². The Morgan fingerprint density at radius 3 is 2.60 bits per heavy atom. The van der Waals surface area contributed by atoms with Crippen LogP contribution in [0, 0.1) is 6.92 Å². The zero-order chi connectivity index (χ0) is 18.2. The van der Waals surface area contributed by atoms with Gasteiger partial charge in [-0.1, -0.05) is 30.3 Å². The van der Waals surface area contributed by atoms with Crippen LogP contribution in [0.2, 0.25) is 0 Å². The molecule has 2 aromatic rings. The smallest absolute Gasteiger partial charge is 0.326 e. The molecule has 1 aliphatic rings. The number of sulfone groups is 1. The lowest BCUT2D eigenvalue weighted by Crippen LogP contribution is -2.37. The second-order valence-electron chi connectivity index (χ2n) is 6.48. The largest absolute Gasteiger partial charge is 0.480 e. The van der Waals surface area contributed by atoms with Crippen LogP contribution >= 0.6 is 0 Å². The average Bonchev–Trinajstić information content (AvgIpc) is 3.11. The molecular weight excluding hydrogens is 342 g/mol. The lowest BCUT2D eigenvalue weighted by Gasteiger charge is -2.24. The summed E-state index contributed by atoms with van der Waals surface area (Å²) in [7, 11) is -3.31. The first kappa shape index (κ1) is 17.5. The second kappa shape index (κ2) is 6.51. The van der Waals surface area contributed by atoms with Crippen LogP contribution in [0.15, 0.2) is 36.4 Å². The van der Waals surface area contributed by atoms with E-state index in [1.165, 1.54) is 0 Å². The molecule has 0 unspecified atom stereocenters. The van der Waals surface area contributed by atoms with Crippen molar-refractivity contribution in [3.63, 3.8) is 0 Å². The van der Waals surface area contributed by atoms with Crippen LogP contribution in [0.3, 0.4) is 0 Å². The third-order valence-corrected chi connectivity index (χ3v) is 6.06. The summed E-state index contributed by atoms with van der Waals surface area (Å²) in [6.45, 7) is 2.50. The van der Waals surface area contributed by atoms with Gasteiger partial charge in [0.15, 0.2) is 9.84 Å². The number of aryl methyl sites for hydroxylation is 1. The van der Waals surface area contributed by atoms with E-state index in [1.54, 1.807) is 9.58 Å². The fourth-order valence-corrected chi connectivity index (χ4v) is 4.19. The zero-order valence-corrected chi connectivity index (χ0v) is 15.0. The predicted octanol–water partition coefficient (Wildman–Crippen LogP) is 1.32. The number of aromatic nitrogens is 2. The molecule has 0 spiro atoms. The highest BCUT2D eigenvalue weighted by Gasteiger charge is 2.42. The summed E-state index contributed by atoms with van der Waals surface area (Å²) in [5.41, 5.74) is 1.80. The Morgan fingerprint density at radius 2 is 2.00 bits per heavy atom. The Morgan fingerprint density at radius 1 is 1.32 bits per heavy atom. The van der Waals surface area contributed by atoms with Crippen molar-refractivity contribution >= 4 is 21.6 Å². The number of hydrogen-bond acceptors (Lipinski definition) is 5. The molecule has 2 atom stereocenters. The van der Waals surface area contributed by atoms with E-state index in [0.29, 0.717) is 12.4 Å². The first-order chi connectivity index (χ1) is 11.8. The molecule has 0 saturated carbocycles. The quantitative estimate of drug-likeness (QED) is 0.861. The molecule has 8 heteroatoms. The molecule has 1 aromatic heterocycles. The van der Waals surface area contributed by atoms with E-state index < -0.39 is 27.1 Å². The Bertz CT molecular complexity index is 877. The SMILES string of the molecule is Cc1cc(N2C[C@H](S(C)(=O)=O)C[C@H]2C(=O)O)n(Cc2ccccc2)n1. The van der Waals surface area contributed by atoms with Crippen molar-refractivity contribution in [2.75, 3.05) is 17.7 Å². The summed E-state index contributed by atoms with van der Waals surface area (Å²) in [6, 6.07) is 10.7. The van der Waals surface area contributed by atoms with E-state index >= 15 is 0 Å². The monoisotopic (exact) mass is 363 g/mol. The maximum atomic E-state index is 11.9. The van der Waals surface area contributed by atoms with Gasteiger partial charge in [-0.25, -0.2) is 17.9 Å². The number of hydrogen-bond donors (Lipinski definition) is 1. The molecule has 3 rings (SSSR count). The van der Waals surface area contributed by atoms with Gasteiger partial charge in [0, 0.05) is 18.9 Å². The normalized spacial score (nSPS) is 20.8. The number of carboxylic acids is 1. The highest BCUT2D eigenvalue weighted by Crippen LogP contribution is 2.30. The van der Waals surface area contributed by atoms with Gasteiger partial charge in [-0.3, -0.25) is 0 Å². The number of rotatable bonds is 5. The molecule has 25 heavy (non-hydrogen) atoms. The topological polar surface area (TPSA) is 92.5 Å². The van der Waals surface area contributed by atoms with E-state index in [0.717, 1.165) is 17.5 Å². The summed E-state index contributed by atoms with van der Waals surface area (Å²) < 4.78 is 25.6. The van der Waals surface area contributed by atoms with Crippen molar-refractivity contribution in [3.8, 4) is 0 Å². The molecule has 1 N–H and O–H groups in total. The van der Waals surface area contributed by atoms with Gasteiger partial charge < -0.3 is 10.0 Å². The highest BCUT2D eigenvalue weighted by molar-refractivity contribution is 7.91. The van der Waals surface area contributed by atoms with Crippen LogP contribution in [0.1, 0.15) is 17.7 Å². The number of anilines is 1. The van der Waals surface area contributed by atoms with E-state index in [-0.39, 0.29) is 13.0 Å². The lowest BCUT2D eigenvalue weighted by atomic mass is 10.2. The van der Waals surface area contributed by atoms with Crippen molar-refractivity contribution in [2.45, 2.75) is 31.2 Å².